The van der Waals surface area contributed by atoms with Crippen LogP contribution < -0.4 is 0 Å². The molecular formula is C16H11F. The zero-order valence-electron chi connectivity index (χ0n) is 9.23. The first kappa shape index (κ1) is 10.0. The van der Waals surface area contributed by atoms with Crippen LogP contribution in [0.25, 0.3) is 21.9 Å². The van der Waals surface area contributed by atoms with Crippen molar-refractivity contribution in [2.75, 3.05) is 0 Å². The van der Waals surface area contributed by atoms with Crippen molar-refractivity contribution in [1.82, 2.24) is 0 Å². The van der Waals surface area contributed by atoms with E-state index in [2.05, 4.69) is 0 Å². The fraction of sp³-hybridized carbons (Fsp3) is 0. The fourth-order valence-corrected chi connectivity index (χ4v) is 2.13. The zero-order valence-corrected chi connectivity index (χ0v) is 9.23. The molecule has 0 bridgehead atoms. The average Bonchev–Trinajstić information content (AvgIpc) is 2.39. The summed E-state index contributed by atoms with van der Waals surface area (Å²) in [7, 11) is 0. The highest BCUT2D eigenvalue weighted by atomic mass is 19.1. The molecule has 0 spiro atoms. The molecule has 0 aliphatic heterocycles. The molecule has 0 radical (unpaired) electrons. The van der Waals surface area contributed by atoms with E-state index >= 15 is 0 Å². The van der Waals surface area contributed by atoms with Crippen molar-refractivity contribution in [1.29, 1.82) is 0 Å². The van der Waals surface area contributed by atoms with Gasteiger partial charge in [-0.15, -0.1) is 0 Å². The van der Waals surface area contributed by atoms with E-state index in [0.717, 1.165) is 21.9 Å². The third kappa shape index (κ3) is 1.80. The number of hydrogen-bond acceptors (Lipinski definition) is 0. The third-order valence-electron chi connectivity index (χ3n) is 2.91. The molecule has 0 nitrogen and oxygen atoms in total. The Labute approximate surface area is 99.3 Å². The van der Waals surface area contributed by atoms with Gasteiger partial charge in [-0.3, -0.25) is 0 Å². The molecule has 0 heterocycles. The van der Waals surface area contributed by atoms with Gasteiger partial charge in [-0.25, -0.2) is 4.39 Å². The molecule has 0 N–H and O–H groups in total. The largest absolute Gasteiger partial charge is 0.207 e. The molecule has 3 rings (SSSR count). The summed E-state index contributed by atoms with van der Waals surface area (Å²) in [4.78, 5) is 0. The zero-order chi connectivity index (χ0) is 11.7. The lowest BCUT2D eigenvalue weighted by Crippen LogP contribution is -1.83. The van der Waals surface area contributed by atoms with E-state index in [1.54, 1.807) is 12.1 Å². The molecule has 0 unspecified atom stereocenters. The van der Waals surface area contributed by atoms with Gasteiger partial charge in [-0.2, -0.15) is 0 Å². The molecule has 0 aliphatic carbocycles. The Morgan fingerprint density at radius 2 is 1.41 bits per heavy atom. The van der Waals surface area contributed by atoms with E-state index in [4.69, 9.17) is 0 Å². The van der Waals surface area contributed by atoms with Crippen molar-refractivity contribution >= 4 is 10.8 Å². The van der Waals surface area contributed by atoms with Crippen molar-refractivity contribution in [3.05, 3.63) is 72.5 Å². The Morgan fingerprint density at radius 1 is 0.706 bits per heavy atom. The Bertz CT molecular complexity index is 657. The van der Waals surface area contributed by atoms with Gasteiger partial charge in [0.05, 0.1) is 0 Å². The van der Waals surface area contributed by atoms with Crippen LogP contribution in [0.4, 0.5) is 4.39 Å². The highest BCUT2D eigenvalue weighted by molar-refractivity contribution is 5.96. The fourth-order valence-electron chi connectivity index (χ4n) is 2.13. The average molecular weight is 222 g/mol. The summed E-state index contributed by atoms with van der Waals surface area (Å²) < 4.78 is 13.6. The van der Waals surface area contributed by atoms with Crippen molar-refractivity contribution in [3.8, 4) is 11.1 Å². The third-order valence-corrected chi connectivity index (χ3v) is 2.91. The van der Waals surface area contributed by atoms with Crippen LogP contribution in [0.5, 0.6) is 0 Å². The molecule has 3 aromatic carbocycles. The predicted octanol–water partition coefficient (Wildman–Crippen LogP) is 4.65. The van der Waals surface area contributed by atoms with Crippen LogP contribution in [-0.2, 0) is 0 Å². The van der Waals surface area contributed by atoms with Crippen LogP contribution >= 0.6 is 0 Å². The quantitative estimate of drug-likeness (QED) is 0.562. The van der Waals surface area contributed by atoms with Crippen LogP contribution in [0, 0.1) is 5.82 Å². The van der Waals surface area contributed by atoms with Crippen LogP contribution in [-0.4, -0.2) is 0 Å². The normalized spacial score (nSPS) is 10.6. The summed E-state index contributed by atoms with van der Waals surface area (Å²) >= 11 is 0. The number of halogens is 1. The second-order valence-corrected chi connectivity index (χ2v) is 4.04. The maximum Gasteiger partial charge on any atom is 0.124 e. The molecule has 0 fully saturated rings. The van der Waals surface area contributed by atoms with E-state index < -0.39 is 0 Å². The van der Waals surface area contributed by atoms with Crippen LogP contribution in [0.3, 0.4) is 0 Å². The minimum atomic E-state index is -0.192. The summed E-state index contributed by atoms with van der Waals surface area (Å²) in [6, 6.07) is 20.9. The van der Waals surface area contributed by atoms with E-state index in [1.807, 2.05) is 54.6 Å². The molecule has 1 heteroatoms. The summed E-state index contributed by atoms with van der Waals surface area (Å²) in [6.45, 7) is 0. The van der Waals surface area contributed by atoms with Crippen LogP contribution in [0.2, 0.25) is 0 Å². The standard InChI is InChI=1S/C16H11F/c17-14-10-13-8-4-5-9-15(13)16(11-14)12-6-2-1-3-7-12/h1-11H. The van der Waals surface area contributed by atoms with Crippen LogP contribution in [0.1, 0.15) is 0 Å². The number of benzene rings is 3. The van der Waals surface area contributed by atoms with Crippen molar-refractivity contribution < 1.29 is 4.39 Å². The van der Waals surface area contributed by atoms with Gasteiger partial charge >= 0.3 is 0 Å². The number of hydrogen-bond donors (Lipinski definition) is 0. The van der Waals surface area contributed by atoms with Gasteiger partial charge in [0.2, 0.25) is 0 Å². The monoisotopic (exact) mass is 222 g/mol. The number of fused-ring (bicyclic) bond motifs is 1. The highest BCUT2D eigenvalue weighted by Crippen LogP contribution is 2.29. The molecule has 0 amide bonds. The van der Waals surface area contributed by atoms with Gasteiger partial charge in [0.25, 0.3) is 0 Å². The summed E-state index contributed by atoms with van der Waals surface area (Å²) in [5.74, 6) is -0.192. The van der Waals surface area contributed by atoms with Gasteiger partial charge in [0.1, 0.15) is 5.82 Å². The van der Waals surface area contributed by atoms with Crippen molar-refractivity contribution in [3.63, 3.8) is 0 Å². The maximum absolute atomic E-state index is 13.6. The Hall–Kier alpha value is -2.15. The van der Waals surface area contributed by atoms with E-state index in [9.17, 15) is 4.39 Å². The Kier molecular flexibility index (Phi) is 2.37. The molecule has 0 atom stereocenters. The molecule has 0 saturated heterocycles. The summed E-state index contributed by atoms with van der Waals surface area (Å²) in [5, 5.41) is 2.02. The molecule has 82 valence electrons. The summed E-state index contributed by atoms with van der Waals surface area (Å²) in [6.07, 6.45) is 0. The van der Waals surface area contributed by atoms with E-state index in [1.165, 1.54) is 0 Å². The van der Waals surface area contributed by atoms with Crippen LogP contribution in [0.15, 0.2) is 66.7 Å². The Morgan fingerprint density at radius 3 is 2.24 bits per heavy atom. The van der Waals surface area contributed by atoms with Crippen molar-refractivity contribution in [2.45, 2.75) is 0 Å². The topological polar surface area (TPSA) is 0 Å². The van der Waals surface area contributed by atoms with Gasteiger partial charge in [-0.1, -0.05) is 54.6 Å². The number of rotatable bonds is 1. The second-order valence-electron chi connectivity index (χ2n) is 4.04. The second kappa shape index (κ2) is 4.02. The first-order chi connectivity index (χ1) is 8.34. The lowest BCUT2D eigenvalue weighted by atomic mass is 9.98. The molecule has 17 heavy (non-hydrogen) atoms. The lowest BCUT2D eigenvalue weighted by Gasteiger charge is -2.07. The maximum atomic E-state index is 13.6. The van der Waals surface area contributed by atoms with Gasteiger partial charge in [0.15, 0.2) is 0 Å². The van der Waals surface area contributed by atoms with Crippen molar-refractivity contribution in [2.24, 2.45) is 0 Å². The van der Waals surface area contributed by atoms with Gasteiger partial charge in [0, 0.05) is 0 Å². The molecule has 0 aliphatic rings. The van der Waals surface area contributed by atoms with E-state index in [-0.39, 0.29) is 5.82 Å². The first-order valence-electron chi connectivity index (χ1n) is 5.58. The smallest absolute Gasteiger partial charge is 0.124 e. The predicted molar refractivity (Wildman–Crippen MR) is 69.3 cm³/mol. The molecule has 0 aromatic heterocycles. The minimum absolute atomic E-state index is 0.192. The molecule has 3 aromatic rings. The molecule has 0 saturated carbocycles. The van der Waals surface area contributed by atoms with E-state index in [0.29, 0.717) is 0 Å². The van der Waals surface area contributed by atoms with Gasteiger partial charge < -0.3 is 0 Å². The lowest BCUT2D eigenvalue weighted by molar-refractivity contribution is 0.630. The van der Waals surface area contributed by atoms with Gasteiger partial charge in [-0.05, 0) is 34.0 Å². The Balaban J connectivity index is 2.36. The SMILES string of the molecule is Fc1cc(-c2ccccc2)c2ccccc2c1. The summed E-state index contributed by atoms with van der Waals surface area (Å²) in [5.41, 5.74) is 1.99. The minimum Gasteiger partial charge on any atom is -0.207 e. The first-order valence-corrected chi connectivity index (χ1v) is 5.58. The highest BCUT2D eigenvalue weighted by Gasteiger charge is 2.05. The molecular weight excluding hydrogens is 211 g/mol.